The van der Waals surface area contributed by atoms with Crippen LogP contribution in [0.1, 0.15) is 43.7 Å². The van der Waals surface area contributed by atoms with Gasteiger partial charge in [-0.1, -0.05) is 73.5 Å². The van der Waals surface area contributed by atoms with Gasteiger partial charge in [-0.05, 0) is 44.0 Å². The van der Waals surface area contributed by atoms with Gasteiger partial charge in [0.1, 0.15) is 0 Å². The molecule has 0 aromatic heterocycles. The number of Topliss-reactive ketones (excluding diaryl/α,β-unsaturated/α-hetero) is 1. The van der Waals surface area contributed by atoms with Crippen molar-refractivity contribution in [2.75, 3.05) is 19.6 Å². The van der Waals surface area contributed by atoms with Crippen LogP contribution in [-0.2, 0) is 10.2 Å². The maximum atomic E-state index is 13.4. The molecule has 1 fully saturated rings. The Labute approximate surface area is 145 Å². The summed E-state index contributed by atoms with van der Waals surface area (Å²) in [5, 5.41) is 0. The van der Waals surface area contributed by atoms with Crippen LogP contribution in [0.25, 0.3) is 0 Å². The number of carbonyl (C=O) groups excluding carboxylic acids is 1. The highest BCUT2D eigenvalue weighted by Gasteiger charge is 2.37. The lowest BCUT2D eigenvalue weighted by molar-refractivity contribution is -0.123. The maximum Gasteiger partial charge on any atom is 0.161 e. The summed E-state index contributed by atoms with van der Waals surface area (Å²) in [4.78, 5) is 15.8. The van der Waals surface area contributed by atoms with Gasteiger partial charge in [0.15, 0.2) is 5.78 Å². The van der Waals surface area contributed by atoms with Crippen molar-refractivity contribution in [1.82, 2.24) is 4.90 Å². The minimum atomic E-state index is -0.588. The lowest BCUT2D eigenvalue weighted by Gasteiger charge is -2.32. The predicted molar refractivity (Wildman–Crippen MR) is 99.3 cm³/mol. The Morgan fingerprint density at radius 1 is 0.833 bits per heavy atom. The van der Waals surface area contributed by atoms with E-state index in [1.165, 1.54) is 25.7 Å². The van der Waals surface area contributed by atoms with Gasteiger partial charge in [0.2, 0.25) is 0 Å². The zero-order valence-electron chi connectivity index (χ0n) is 14.6. The van der Waals surface area contributed by atoms with Crippen molar-refractivity contribution in [1.29, 1.82) is 0 Å². The number of rotatable bonds is 5. The fourth-order valence-corrected chi connectivity index (χ4v) is 3.69. The fraction of sp³-hybridized carbons (Fsp3) is 0.409. The molecule has 2 nitrogen and oxygen atoms in total. The molecule has 0 N–H and O–H groups in total. The molecule has 0 bridgehead atoms. The summed E-state index contributed by atoms with van der Waals surface area (Å²) in [6.45, 7) is 4.72. The van der Waals surface area contributed by atoms with Gasteiger partial charge in [0.25, 0.3) is 0 Å². The molecule has 2 heteroatoms. The van der Waals surface area contributed by atoms with Crippen molar-refractivity contribution < 1.29 is 4.79 Å². The molecule has 1 aliphatic heterocycles. The summed E-state index contributed by atoms with van der Waals surface area (Å²) in [7, 11) is 0. The quantitative estimate of drug-likeness (QED) is 0.811. The first-order valence-electron chi connectivity index (χ1n) is 9.08. The molecular formula is C22H27NO. The molecule has 0 spiro atoms. The van der Waals surface area contributed by atoms with Crippen LogP contribution in [0.3, 0.4) is 0 Å². The summed E-state index contributed by atoms with van der Waals surface area (Å²) in [5.74, 6) is 0.293. The Morgan fingerprint density at radius 2 is 1.29 bits per heavy atom. The molecule has 1 heterocycles. The van der Waals surface area contributed by atoms with Gasteiger partial charge in [0, 0.05) is 0 Å². The molecule has 1 saturated heterocycles. The molecule has 24 heavy (non-hydrogen) atoms. The molecule has 2 aromatic carbocycles. The first-order chi connectivity index (χ1) is 11.7. The van der Waals surface area contributed by atoms with Gasteiger partial charge in [-0.15, -0.1) is 0 Å². The van der Waals surface area contributed by atoms with E-state index in [1.807, 2.05) is 36.4 Å². The Kier molecular flexibility index (Phi) is 5.47. The first-order valence-corrected chi connectivity index (χ1v) is 9.08. The molecular weight excluding hydrogens is 294 g/mol. The molecule has 3 rings (SSSR count). The van der Waals surface area contributed by atoms with Crippen LogP contribution in [0.5, 0.6) is 0 Å². The van der Waals surface area contributed by atoms with Gasteiger partial charge < -0.3 is 0 Å². The largest absolute Gasteiger partial charge is 0.297 e. The van der Waals surface area contributed by atoms with Crippen molar-refractivity contribution >= 4 is 5.78 Å². The van der Waals surface area contributed by atoms with E-state index in [4.69, 9.17) is 0 Å². The number of hydrogen-bond donors (Lipinski definition) is 0. The highest BCUT2D eigenvalue weighted by molar-refractivity contribution is 5.94. The third kappa shape index (κ3) is 3.59. The number of carbonyl (C=O) groups is 1. The van der Waals surface area contributed by atoms with Gasteiger partial charge in [0.05, 0.1) is 12.0 Å². The van der Waals surface area contributed by atoms with Gasteiger partial charge in [-0.2, -0.15) is 0 Å². The van der Waals surface area contributed by atoms with Crippen molar-refractivity contribution in [3.63, 3.8) is 0 Å². The number of ketones is 1. The SMILES string of the molecule is CC(C(=O)CN1CCCCCC1)(c1ccccc1)c1ccccc1. The molecule has 1 aliphatic rings. The third-order valence-corrected chi connectivity index (χ3v) is 5.33. The van der Waals surface area contributed by atoms with Crippen LogP contribution in [0.15, 0.2) is 60.7 Å². The number of nitrogens with zero attached hydrogens (tertiary/aromatic N) is 1. The Morgan fingerprint density at radius 3 is 1.75 bits per heavy atom. The second-order valence-electron chi connectivity index (χ2n) is 6.97. The molecule has 0 unspecified atom stereocenters. The molecule has 0 aliphatic carbocycles. The van der Waals surface area contributed by atoms with E-state index in [0.717, 1.165) is 24.2 Å². The van der Waals surface area contributed by atoms with Crippen LogP contribution < -0.4 is 0 Å². The average Bonchev–Trinajstić information content (AvgIpc) is 2.91. The van der Waals surface area contributed by atoms with E-state index in [0.29, 0.717) is 12.3 Å². The van der Waals surface area contributed by atoms with Crippen molar-refractivity contribution in [3.8, 4) is 0 Å². The van der Waals surface area contributed by atoms with E-state index in [1.54, 1.807) is 0 Å². The van der Waals surface area contributed by atoms with Crippen LogP contribution >= 0.6 is 0 Å². The minimum Gasteiger partial charge on any atom is -0.297 e. The van der Waals surface area contributed by atoms with Crippen LogP contribution in [0.4, 0.5) is 0 Å². The van der Waals surface area contributed by atoms with E-state index < -0.39 is 5.41 Å². The Bertz CT molecular complexity index is 603. The molecule has 126 valence electrons. The summed E-state index contributed by atoms with van der Waals surface area (Å²) in [6, 6.07) is 20.4. The predicted octanol–water partition coefficient (Wildman–Crippen LogP) is 4.44. The van der Waals surface area contributed by atoms with Crippen molar-refractivity contribution in [2.24, 2.45) is 0 Å². The topological polar surface area (TPSA) is 20.3 Å². The third-order valence-electron chi connectivity index (χ3n) is 5.33. The standard InChI is InChI=1S/C22H27NO/c1-22(19-12-6-4-7-13-19,20-14-8-5-9-15-20)21(24)18-23-16-10-2-3-11-17-23/h4-9,12-15H,2-3,10-11,16-18H2,1H3. The fourth-order valence-electron chi connectivity index (χ4n) is 3.69. The molecule has 0 saturated carbocycles. The van der Waals surface area contributed by atoms with Gasteiger partial charge in [-0.3, -0.25) is 9.69 Å². The summed E-state index contributed by atoms with van der Waals surface area (Å²) < 4.78 is 0. The summed E-state index contributed by atoms with van der Waals surface area (Å²) in [6.07, 6.45) is 5.00. The van der Waals surface area contributed by atoms with Crippen molar-refractivity contribution in [3.05, 3.63) is 71.8 Å². The smallest absolute Gasteiger partial charge is 0.161 e. The molecule has 0 atom stereocenters. The maximum absolute atomic E-state index is 13.4. The zero-order valence-corrected chi connectivity index (χ0v) is 14.6. The highest BCUT2D eigenvalue weighted by atomic mass is 16.1. The molecule has 2 aromatic rings. The van der Waals surface area contributed by atoms with Gasteiger partial charge in [-0.25, -0.2) is 0 Å². The van der Waals surface area contributed by atoms with E-state index >= 15 is 0 Å². The monoisotopic (exact) mass is 321 g/mol. The lowest BCUT2D eigenvalue weighted by Crippen LogP contribution is -2.42. The average molecular weight is 321 g/mol. The minimum absolute atomic E-state index is 0.293. The zero-order chi connectivity index (χ0) is 16.8. The summed E-state index contributed by atoms with van der Waals surface area (Å²) in [5.41, 5.74) is 1.57. The van der Waals surface area contributed by atoms with Crippen LogP contribution in [0, 0.1) is 0 Å². The number of likely N-dealkylation sites (tertiary alicyclic amines) is 1. The van der Waals surface area contributed by atoms with E-state index in [9.17, 15) is 4.79 Å². The first kappa shape index (κ1) is 16.9. The normalized spacial score (nSPS) is 16.5. The van der Waals surface area contributed by atoms with Crippen molar-refractivity contribution in [2.45, 2.75) is 38.0 Å². The molecule has 0 radical (unpaired) electrons. The van der Waals surface area contributed by atoms with Crippen LogP contribution in [-0.4, -0.2) is 30.3 Å². The van der Waals surface area contributed by atoms with E-state index in [-0.39, 0.29) is 0 Å². The second kappa shape index (κ2) is 7.76. The number of benzene rings is 2. The summed E-state index contributed by atoms with van der Waals surface area (Å²) >= 11 is 0. The second-order valence-corrected chi connectivity index (χ2v) is 6.97. The van der Waals surface area contributed by atoms with Crippen LogP contribution in [0.2, 0.25) is 0 Å². The lowest BCUT2D eigenvalue weighted by atomic mass is 9.72. The molecule has 0 amide bonds. The Balaban J connectivity index is 1.91. The van der Waals surface area contributed by atoms with Gasteiger partial charge >= 0.3 is 0 Å². The number of hydrogen-bond acceptors (Lipinski definition) is 2. The Hall–Kier alpha value is -1.93. The highest BCUT2D eigenvalue weighted by Crippen LogP contribution is 2.33. The van der Waals surface area contributed by atoms with E-state index in [2.05, 4.69) is 36.1 Å².